The van der Waals surface area contributed by atoms with Crippen molar-refractivity contribution < 1.29 is 0 Å². The maximum atomic E-state index is 4.45. The minimum absolute atomic E-state index is 0.909. The van der Waals surface area contributed by atoms with Crippen LogP contribution in [0.4, 0.5) is 0 Å². The molecule has 0 aliphatic rings. The van der Waals surface area contributed by atoms with E-state index in [0.717, 1.165) is 35.7 Å². The first kappa shape index (κ1) is 10.8. The van der Waals surface area contributed by atoms with Gasteiger partial charge in [0.2, 0.25) is 0 Å². The van der Waals surface area contributed by atoms with Crippen LogP contribution in [-0.2, 0) is 6.54 Å². The predicted molar refractivity (Wildman–Crippen MR) is 63.0 cm³/mol. The van der Waals surface area contributed by atoms with E-state index in [4.69, 9.17) is 0 Å². The van der Waals surface area contributed by atoms with E-state index in [2.05, 4.69) is 32.7 Å². The second kappa shape index (κ2) is 4.43. The third kappa shape index (κ3) is 1.96. The van der Waals surface area contributed by atoms with E-state index in [1.165, 1.54) is 0 Å². The average Bonchev–Trinajstić information content (AvgIpc) is 2.67. The van der Waals surface area contributed by atoms with Crippen molar-refractivity contribution in [1.82, 2.24) is 19.7 Å². The van der Waals surface area contributed by atoms with Gasteiger partial charge in [-0.1, -0.05) is 6.92 Å². The molecule has 0 aliphatic heterocycles. The molecule has 4 nitrogen and oxygen atoms in total. The van der Waals surface area contributed by atoms with Gasteiger partial charge < -0.3 is 4.57 Å². The summed E-state index contributed by atoms with van der Waals surface area (Å²) in [6, 6.07) is 4.07. The summed E-state index contributed by atoms with van der Waals surface area (Å²) in [5, 5.41) is 8.13. The van der Waals surface area contributed by atoms with Gasteiger partial charge in [0.1, 0.15) is 6.33 Å². The highest BCUT2D eigenvalue weighted by molar-refractivity contribution is 5.57. The lowest BCUT2D eigenvalue weighted by Gasteiger charge is -2.07. The number of pyridine rings is 1. The molecular formula is C12H16N4. The van der Waals surface area contributed by atoms with Crippen molar-refractivity contribution >= 4 is 0 Å². The first-order valence-corrected chi connectivity index (χ1v) is 5.54. The topological polar surface area (TPSA) is 43.6 Å². The van der Waals surface area contributed by atoms with Gasteiger partial charge in [0.05, 0.1) is 0 Å². The van der Waals surface area contributed by atoms with Gasteiger partial charge in [-0.2, -0.15) is 0 Å². The third-order valence-corrected chi connectivity index (χ3v) is 2.55. The highest BCUT2D eigenvalue weighted by Gasteiger charge is 2.09. The SMILES string of the molecule is CCCn1cnnc1-c1ccc(C)nc1C. The lowest BCUT2D eigenvalue weighted by Crippen LogP contribution is -2.00. The molecule has 0 N–H and O–H groups in total. The minimum Gasteiger partial charge on any atom is -0.314 e. The Morgan fingerprint density at radius 1 is 1.25 bits per heavy atom. The molecule has 2 heterocycles. The highest BCUT2D eigenvalue weighted by atomic mass is 15.3. The largest absolute Gasteiger partial charge is 0.314 e. The Hall–Kier alpha value is -1.71. The van der Waals surface area contributed by atoms with Crippen LogP contribution in [-0.4, -0.2) is 19.7 Å². The second-order valence-corrected chi connectivity index (χ2v) is 3.93. The number of rotatable bonds is 3. The Bertz CT molecular complexity index is 488. The summed E-state index contributed by atoms with van der Waals surface area (Å²) in [6.07, 6.45) is 2.85. The molecule has 0 bridgehead atoms. The van der Waals surface area contributed by atoms with Crippen LogP contribution >= 0.6 is 0 Å². The van der Waals surface area contributed by atoms with Crippen molar-refractivity contribution in [2.24, 2.45) is 0 Å². The predicted octanol–water partition coefficient (Wildman–Crippen LogP) is 2.37. The van der Waals surface area contributed by atoms with Gasteiger partial charge in [-0.25, -0.2) is 0 Å². The summed E-state index contributed by atoms with van der Waals surface area (Å²) >= 11 is 0. The maximum absolute atomic E-state index is 4.45. The zero-order valence-corrected chi connectivity index (χ0v) is 9.94. The standard InChI is InChI=1S/C12H16N4/c1-4-7-16-8-13-15-12(16)11-6-5-9(2)14-10(11)3/h5-6,8H,4,7H2,1-3H3. The van der Waals surface area contributed by atoms with Gasteiger partial charge in [0.25, 0.3) is 0 Å². The van der Waals surface area contributed by atoms with Crippen LogP contribution in [0.3, 0.4) is 0 Å². The molecule has 0 unspecified atom stereocenters. The van der Waals surface area contributed by atoms with Crippen LogP contribution in [0.25, 0.3) is 11.4 Å². The van der Waals surface area contributed by atoms with Crippen molar-refractivity contribution in [2.75, 3.05) is 0 Å². The molecule has 0 spiro atoms. The Balaban J connectivity index is 2.46. The molecule has 2 rings (SSSR count). The van der Waals surface area contributed by atoms with E-state index in [0.29, 0.717) is 0 Å². The molecule has 4 heteroatoms. The molecule has 0 saturated heterocycles. The Morgan fingerprint density at radius 3 is 2.75 bits per heavy atom. The van der Waals surface area contributed by atoms with Crippen LogP contribution in [0.1, 0.15) is 24.7 Å². The number of aryl methyl sites for hydroxylation is 3. The number of hydrogen-bond acceptors (Lipinski definition) is 3. The Morgan fingerprint density at radius 2 is 2.06 bits per heavy atom. The molecule has 0 radical (unpaired) electrons. The fourth-order valence-corrected chi connectivity index (χ4v) is 1.79. The van der Waals surface area contributed by atoms with E-state index >= 15 is 0 Å². The third-order valence-electron chi connectivity index (χ3n) is 2.55. The fraction of sp³-hybridized carbons (Fsp3) is 0.417. The van der Waals surface area contributed by atoms with E-state index in [1.807, 2.05) is 19.9 Å². The molecule has 0 fully saturated rings. The number of hydrogen-bond donors (Lipinski definition) is 0. The van der Waals surface area contributed by atoms with Crippen LogP contribution < -0.4 is 0 Å². The van der Waals surface area contributed by atoms with E-state index < -0.39 is 0 Å². The first-order chi connectivity index (χ1) is 7.72. The van der Waals surface area contributed by atoms with Crippen molar-refractivity contribution in [3.8, 4) is 11.4 Å². The molecule has 16 heavy (non-hydrogen) atoms. The lowest BCUT2D eigenvalue weighted by atomic mass is 10.1. The van der Waals surface area contributed by atoms with Gasteiger partial charge in [-0.15, -0.1) is 10.2 Å². The van der Waals surface area contributed by atoms with Crippen molar-refractivity contribution in [1.29, 1.82) is 0 Å². The summed E-state index contributed by atoms with van der Waals surface area (Å²) in [6.45, 7) is 7.08. The Labute approximate surface area is 95.4 Å². The molecule has 0 aliphatic carbocycles. The maximum Gasteiger partial charge on any atom is 0.165 e. The normalized spacial score (nSPS) is 10.7. The van der Waals surface area contributed by atoms with Gasteiger partial charge in [0.15, 0.2) is 5.82 Å². The van der Waals surface area contributed by atoms with Crippen LogP contribution in [0.15, 0.2) is 18.5 Å². The van der Waals surface area contributed by atoms with Gasteiger partial charge >= 0.3 is 0 Å². The van der Waals surface area contributed by atoms with Gasteiger partial charge in [0, 0.05) is 23.5 Å². The molecule has 2 aromatic rings. The zero-order chi connectivity index (χ0) is 11.5. The van der Waals surface area contributed by atoms with Crippen molar-refractivity contribution in [2.45, 2.75) is 33.7 Å². The fourth-order valence-electron chi connectivity index (χ4n) is 1.79. The second-order valence-electron chi connectivity index (χ2n) is 3.93. The zero-order valence-electron chi connectivity index (χ0n) is 9.94. The monoisotopic (exact) mass is 216 g/mol. The quantitative estimate of drug-likeness (QED) is 0.791. The number of aromatic nitrogens is 4. The molecule has 0 amide bonds. The summed E-state index contributed by atoms with van der Waals surface area (Å²) in [4.78, 5) is 4.45. The van der Waals surface area contributed by atoms with Crippen LogP contribution in [0, 0.1) is 13.8 Å². The molecule has 0 atom stereocenters. The Kier molecular flexibility index (Phi) is 2.99. The molecule has 0 aromatic carbocycles. The smallest absolute Gasteiger partial charge is 0.165 e. The molecule has 2 aromatic heterocycles. The summed E-state index contributed by atoms with van der Waals surface area (Å²) in [7, 11) is 0. The highest BCUT2D eigenvalue weighted by Crippen LogP contribution is 2.20. The minimum atomic E-state index is 0.909. The van der Waals surface area contributed by atoms with Crippen molar-refractivity contribution in [3.05, 3.63) is 29.8 Å². The summed E-state index contributed by atoms with van der Waals surface area (Å²) in [5.74, 6) is 0.909. The van der Waals surface area contributed by atoms with E-state index in [-0.39, 0.29) is 0 Å². The number of nitrogens with zero attached hydrogens (tertiary/aromatic N) is 4. The average molecular weight is 216 g/mol. The summed E-state index contributed by atoms with van der Waals surface area (Å²) in [5.41, 5.74) is 3.10. The lowest BCUT2D eigenvalue weighted by molar-refractivity contribution is 0.682. The molecule has 0 saturated carbocycles. The van der Waals surface area contributed by atoms with Crippen LogP contribution in [0.2, 0.25) is 0 Å². The van der Waals surface area contributed by atoms with Gasteiger partial charge in [-0.3, -0.25) is 4.98 Å². The van der Waals surface area contributed by atoms with Crippen molar-refractivity contribution in [3.63, 3.8) is 0 Å². The molecular weight excluding hydrogens is 200 g/mol. The molecule has 84 valence electrons. The van der Waals surface area contributed by atoms with Crippen LogP contribution in [0.5, 0.6) is 0 Å². The summed E-state index contributed by atoms with van der Waals surface area (Å²) < 4.78 is 2.07. The first-order valence-electron chi connectivity index (χ1n) is 5.54. The van der Waals surface area contributed by atoms with E-state index in [1.54, 1.807) is 6.33 Å². The van der Waals surface area contributed by atoms with E-state index in [9.17, 15) is 0 Å². The van der Waals surface area contributed by atoms with Gasteiger partial charge in [-0.05, 0) is 32.4 Å².